The summed E-state index contributed by atoms with van der Waals surface area (Å²) in [6.07, 6.45) is 7.53. The number of aromatic amines is 2. The number of hydrogen-bond acceptors (Lipinski definition) is 8. The fourth-order valence-corrected chi connectivity index (χ4v) is 5.69. The van der Waals surface area contributed by atoms with Crippen LogP contribution in [-0.2, 0) is 21.1 Å². The number of carbonyl (C=O) groups excluding carboxylic acids is 1. The maximum Gasteiger partial charge on any atom is 0.224 e. The van der Waals surface area contributed by atoms with Crippen molar-refractivity contribution in [2.45, 2.75) is 26.7 Å². The zero-order chi connectivity index (χ0) is 31.9. The normalized spacial score (nSPS) is 12.0. The van der Waals surface area contributed by atoms with Crippen LogP contribution in [-0.4, -0.2) is 61.5 Å². The number of pyridine rings is 3. The van der Waals surface area contributed by atoms with Crippen LogP contribution < -0.4 is 5.32 Å². The minimum atomic E-state index is -3.24. The lowest BCUT2D eigenvalue weighted by Gasteiger charge is -2.09. The Labute approximate surface area is 256 Å². The van der Waals surface area contributed by atoms with E-state index in [0.29, 0.717) is 51.0 Å². The van der Waals surface area contributed by atoms with Crippen LogP contribution in [0.5, 0.6) is 0 Å². The molecule has 0 aliphatic heterocycles. The van der Waals surface area contributed by atoms with Gasteiger partial charge in [0.1, 0.15) is 27.0 Å². The maximum absolute atomic E-state index is 16.2. The second-order valence-electron chi connectivity index (χ2n) is 11.3. The fraction of sp³-hybridized carbons (Fsp3) is 0.226. The topological polar surface area (TPSA) is 159 Å². The number of aryl methyl sites for hydroxylation is 1. The summed E-state index contributed by atoms with van der Waals surface area (Å²) in [4.78, 5) is 32.7. The standard InChI is InChI=1S/C31H28F2N8O3S/c1-16(2)8-24(42)37-21-12-19(13-34-14-21)27-26(33)25-23(15-36-27)40-41-29(25)31-38-28-22(4-6-35-30(28)39-31)18-9-17(10-20(32)11-18)5-7-45(3,43)44/h4,6,9-16H,5,7-8H2,1-3H3,(H,37,42)(H,40,41)(H,35,38,39). The molecule has 0 aliphatic carbocycles. The van der Waals surface area contributed by atoms with Gasteiger partial charge in [-0.15, -0.1) is 0 Å². The number of imidazole rings is 1. The van der Waals surface area contributed by atoms with Crippen molar-refractivity contribution in [1.29, 1.82) is 0 Å². The predicted octanol–water partition coefficient (Wildman–Crippen LogP) is 5.48. The second kappa shape index (κ2) is 11.8. The monoisotopic (exact) mass is 630 g/mol. The van der Waals surface area contributed by atoms with E-state index in [1.807, 2.05) is 13.8 Å². The number of aromatic nitrogens is 7. The molecule has 0 spiro atoms. The molecule has 5 heterocycles. The first-order valence-corrected chi connectivity index (χ1v) is 16.1. The molecule has 5 aromatic heterocycles. The van der Waals surface area contributed by atoms with Gasteiger partial charge in [-0.25, -0.2) is 27.2 Å². The van der Waals surface area contributed by atoms with Crippen molar-refractivity contribution in [2.24, 2.45) is 5.92 Å². The van der Waals surface area contributed by atoms with Gasteiger partial charge in [0.05, 0.1) is 40.3 Å². The lowest BCUT2D eigenvalue weighted by molar-refractivity contribution is -0.116. The summed E-state index contributed by atoms with van der Waals surface area (Å²) in [6.45, 7) is 3.87. The SMILES string of the molecule is CC(C)CC(=O)Nc1cncc(-c2ncc3[nH]nc(-c4nc5nccc(-c6cc(F)cc(CCS(C)(=O)=O)c6)c5[nH]4)c3c2F)c1. The number of nitrogens with one attached hydrogen (secondary N) is 3. The van der Waals surface area contributed by atoms with Crippen LogP contribution >= 0.6 is 0 Å². The molecular formula is C31H28F2N8O3S. The first-order valence-electron chi connectivity index (χ1n) is 14.1. The van der Waals surface area contributed by atoms with Gasteiger partial charge < -0.3 is 10.3 Å². The summed E-state index contributed by atoms with van der Waals surface area (Å²) >= 11 is 0. The number of amides is 1. The Kier molecular flexibility index (Phi) is 7.83. The summed E-state index contributed by atoms with van der Waals surface area (Å²) < 4.78 is 54.1. The molecule has 0 aliphatic rings. The van der Waals surface area contributed by atoms with E-state index in [9.17, 15) is 17.6 Å². The van der Waals surface area contributed by atoms with Crippen LogP contribution in [0.2, 0.25) is 0 Å². The van der Waals surface area contributed by atoms with Gasteiger partial charge in [-0.3, -0.25) is 19.9 Å². The minimum absolute atomic E-state index is 0.00826. The average molecular weight is 631 g/mol. The van der Waals surface area contributed by atoms with Crippen LogP contribution in [0.3, 0.4) is 0 Å². The fourth-order valence-electron chi connectivity index (χ4n) is 5.09. The van der Waals surface area contributed by atoms with Gasteiger partial charge in [-0.1, -0.05) is 19.9 Å². The Hall–Kier alpha value is -5.11. The molecule has 0 bridgehead atoms. The molecule has 6 rings (SSSR count). The van der Waals surface area contributed by atoms with Crippen LogP contribution in [0.1, 0.15) is 25.8 Å². The highest BCUT2D eigenvalue weighted by atomic mass is 32.2. The Bertz CT molecular complexity index is 2190. The van der Waals surface area contributed by atoms with Crippen LogP contribution in [0.4, 0.5) is 14.5 Å². The summed E-state index contributed by atoms with van der Waals surface area (Å²) in [5.74, 6) is -1.08. The first kappa shape index (κ1) is 29.9. The second-order valence-corrected chi connectivity index (χ2v) is 13.5. The molecule has 14 heteroatoms. The number of sulfone groups is 1. The molecule has 6 aromatic rings. The Morgan fingerprint density at radius 2 is 1.84 bits per heavy atom. The molecule has 1 amide bonds. The van der Waals surface area contributed by atoms with Gasteiger partial charge in [-0.05, 0) is 47.7 Å². The number of hydrogen-bond donors (Lipinski definition) is 3. The van der Waals surface area contributed by atoms with Gasteiger partial charge in [0, 0.05) is 36.2 Å². The number of halogens is 2. The van der Waals surface area contributed by atoms with Gasteiger partial charge >= 0.3 is 0 Å². The van der Waals surface area contributed by atoms with Crippen LogP contribution in [0.15, 0.2) is 55.1 Å². The lowest BCUT2D eigenvalue weighted by Crippen LogP contribution is -2.14. The third kappa shape index (κ3) is 6.41. The van der Waals surface area contributed by atoms with Crippen LogP contribution in [0.25, 0.3) is 56.0 Å². The van der Waals surface area contributed by atoms with Gasteiger partial charge in [-0.2, -0.15) is 5.10 Å². The Balaban J connectivity index is 1.39. The number of H-pyrrole nitrogens is 2. The molecule has 0 atom stereocenters. The Morgan fingerprint density at radius 3 is 2.62 bits per heavy atom. The highest BCUT2D eigenvalue weighted by Crippen LogP contribution is 2.34. The predicted molar refractivity (Wildman–Crippen MR) is 167 cm³/mol. The zero-order valence-corrected chi connectivity index (χ0v) is 25.3. The van der Waals surface area contributed by atoms with E-state index in [2.05, 4.69) is 40.4 Å². The lowest BCUT2D eigenvalue weighted by atomic mass is 10.0. The summed E-state index contributed by atoms with van der Waals surface area (Å²) in [6, 6.07) is 7.65. The van der Waals surface area contributed by atoms with Gasteiger partial charge in [0.15, 0.2) is 17.3 Å². The molecule has 11 nitrogen and oxygen atoms in total. The van der Waals surface area contributed by atoms with Crippen molar-refractivity contribution in [2.75, 3.05) is 17.3 Å². The van der Waals surface area contributed by atoms with Crippen LogP contribution in [0, 0.1) is 17.6 Å². The number of rotatable bonds is 9. The highest BCUT2D eigenvalue weighted by Gasteiger charge is 2.22. The quantitative estimate of drug-likeness (QED) is 0.190. The molecular weight excluding hydrogens is 602 g/mol. The third-order valence-electron chi connectivity index (χ3n) is 7.08. The highest BCUT2D eigenvalue weighted by molar-refractivity contribution is 7.90. The molecule has 0 saturated carbocycles. The van der Waals surface area contributed by atoms with Crippen molar-refractivity contribution >= 4 is 43.5 Å². The van der Waals surface area contributed by atoms with Crippen molar-refractivity contribution < 1.29 is 22.0 Å². The Morgan fingerprint density at radius 1 is 1.02 bits per heavy atom. The van der Waals surface area contributed by atoms with E-state index in [1.54, 1.807) is 18.2 Å². The van der Waals surface area contributed by atoms with E-state index < -0.39 is 21.5 Å². The van der Waals surface area contributed by atoms with Gasteiger partial charge in [0.25, 0.3) is 0 Å². The van der Waals surface area contributed by atoms with E-state index in [-0.39, 0.29) is 46.6 Å². The van der Waals surface area contributed by atoms with E-state index in [4.69, 9.17) is 0 Å². The molecule has 3 N–H and O–H groups in total. The zero-order valence-electron chi connectivity index (χ0n) is 24.5. The summed E-state index contributed by atoms with van der Waals surface area (Å²) in [5, 5.41) is 10.0. The molecule has 45 heavy (non-hydrogen) atoms. The third-order valence-corrected chi connectivity index (χ3v) is 8.03. The molecule has 0 saturated heterocycles. The van der Waals surface area contributed by atoms with E-state index >= 15 is 4.39 Å². The van der Waals surface area contributed by atoms with Crippen molar-refractivity contribution in [3.05, 3.63) is 72.3 Å². The first-order chi connectivity index (χ1) is 21.4. The molecule has 1 aromatic carbocycles. The minimum Gasteiger partial charge on any atom is -0.335 e. The molecule has 0 radical (unpaired) electrons. The maximum atomic E-state index is 16.2. The van der Waals surface area contributed by atoms with Gasteiger partial charge in [0.2, 0.25) is 5.91 Å². The largest absolute Gasteiger partial charge is 0.335 e. The number of carbonyl (C=O) groups is 1. The summed E-state index contributed by atoms with van der Waals surface area (Å²) in [5.41, 5.74) is 3.65. The number of nitrogens with zero attached hydrogens (tertiary/aromatic N) is 5. The molecule has 0 fully saturated rings. The smallest absolute Gasteiger partial charge is 0.224 e. The number of benzene rings is 1. The summed E-state index contributed by atoms with van der Waals surface area (Å²) in [7, 11) is -3.24. The number of fused-ring (bicyclic) bond motifs is 2. The molecule has 230 valence electrons. The number of anilines is 1. The molecule has 0 unspecified atom stereocenters. The average Bonchev–Trinajstić information content (AvgIpc) is 3.60. The van der Waals surface area contributed by atoms with Crippen molar-refractivity contribution in [3.63, 3.8) is 0 Å². The van der Waals surface area contributed by atoms with Crippen molar-refractivity contribution in [1.82, 2.24) is 35.1 Å². The van der Waals surface area contributed by atoms with Crippen molar-refractivity contribution in [3.8, 4) is 33.9 Å². The van der Waals surface area contributed by atoms with E-state index in [1.165, 1.54) is 36.9 Å². The van der Waals surface area contributed by atoms with E-state index in [0.717, 1.165) is 6.26 Å².